The first-order valence-corrected chi connectivity index (χ1v) is 18.4. The second-order valence-corrected chi connectivity index (χ2v) is 14.9. The molecule has 0 saturated carbocycles. The fraction of sp³-hybridized carbons (Fsp3) is 0.533. The Morgan fingerprint density at radius 1 is 0.696 bits per heavy atom. The molecule has 0 spiro atoms. The number of sulfone groups is 2. The lowest BCUT2D eigenvalue weighted by molar-refractivity contribution is 0.168. The molecule has 2 N–H and O–H groups in total. The van der Waals surface area contributed by atoms with Gasteiger partial charge in [-0.2, -0.15) is 0 Å². The topological polar surface area (TPSA) is 170 Å². The molecule has 2 aromatic carbocycles. The van der Waals surface area contributed by atoms with Crippen LogP contribution in [0, 0.1) is 13.8 Å². The molecule has 0 aliphatic heterocycles. The van der Waals surface area contributed by atoms with E-state index in [2.05, 4.69) is 20.4 Å². The van der Waals surface area contributed by atoms with E-state index in [1.54, 1.807) is 39.3 Å². The van der Waals surface area contributed by atoms with Crippen molar-refractivity contribution in [1.82, 2.24) is 0 Å². The summed E-state index contributed by atoms with van der Waals surface area (Å²) in [6.45, 7) is 11.1. The van der Waals surface area contributed by atoms with Crippen LogP contribution >= 0.6 is 0 Å². The molecule has 258 valence electrons. The van der Waals surface area contributed by atoms with Crippen molar-refractivity contribution >= 4 is 54.6 Å². The van der Waals surface area contributed by atoms with Crippen molar-refractivity contribution in [2.24, 2.45) is 0 Å². The number of hydrogen-bond donors (Lipinski definition) is 2. The highest BCUT2D eigenvalue weighted by Crippen LogP contribution is 2.24. The molecule has 0 aliphatic carbocycles. The molecule has 16 heteroatoms. The maximum atomic E-state index is 12.4. The summed E-state index contributed by atoms with van der Waals surface area (Å²) < 4.78 is 69.7. The van der Waals surface area contributed by atoms with E-state index in [9.17, 15) is 26.4 Å². The number of amides is 2. The fourth-order valence-corrected chi connectivity index (χ4v) is 7.93. The molecule has 0 atom stereocenters. The Labute approximate surface area is 272 Å². The van der Waals surface area contributed by atoms with E-state index in [0.717, 1.165) is 30.0 Å². The van der Waals surface area contributed by atoms with Crippen molar-refractivity contribution in [3.05, 3.63) is 47.5 Å². The van der Waals surface area contributed by atoms with Crippen molar-refractivity contribution in [2.75, 3.05) is 97.4 Å². The second kappa shape index (κ2) is 18.5. The van der Waals surface area contributed by atoms with Crippen LogP contribution in [-0.2, 0) is 38.6 Å². The molecule has 46 heavy (non-hydrogen) atoms. The maximum absolute atomic E-state index is 12.4. The zero-order valence-corrected chi connectivity index (χ0v) is 29.0. The van der Waals surface area contributed by atoms with E-state index in [0.29, 0.717) is 43.2 Å². The lowest BCUT2D eigenvalue weighted by Crippen LogP contribution is -2.28. The normalized spacial score (nSPS) is 11.5. The third kappa shape index (κ3) is 13.0. The van der Waals surface area contributed by atoms with Gasteiger partial charge in [-0.05, 0) is 75.2 Å². The molecule has 0 bridgehead atoms. The third-order valence-electron chi connectivity index (χ3n) is 6.87. The minimum absolute atomic E-state index is 0.410. The Hall–Kier alpha value is -3.60. The Bertz CT molecular complexity index is 1520. The Kier molecular flexibility index (Phi) is 15.5. The van der Waals surface area contributed by atoms with E-state index >= 15 is 0 Å². The molecule has 2 amide bonds. The Morgan fingerprint density at radius 3 is 1.57 bits per heavy atom. The van der Waals surface area contributed by atoms with Gasteiger partial charge in [-0.25, -0.2) is 26.4 Å². The lowest BCUT2D eigenvalue weighted by atomic mass is 10.1. The highest BCUT2D eigenvalue weighted by molar-refractivity contribution is 8.07. The van der Waals surface area contributed by atoms with Crippen molar-refractivity contribution < 1.29 is 45.4 Å². The summed E-state index contributed by atoms with van der Waals surface area (Å²) in [6, 6.07) is 10.8. The number of aryl methyl sites for hydroxylation is 2. The maximum Gasteiger partial charge on any atom is 0.412 e. The van der Waals surface area contributed by atoms with Crippen LogP contribution in [0.3, 0.4) is 0 Å². The zero-order valence-electron chi connectivity index (χ0n) is 27.3. The molecule has 0 radical (unpaired) electrons. The number of likely N-dealkylation sites (N-methyl/N-ethyl adjacent to an activating group) is 2. The van der Waals surface area contributed by atoms with Gasteiger partial charge in [0.1, 0.15) is 6.61 Å². The zero-order chi connectivity index (χ0) is 34.3. The number of benzene rings is 2. The fourth-order valence-electron chi connectivity index (χ4n) is 4.38. The smallest absolute Gasteiger partial charge is 0.412 e. The number of carbonyl (C=O) groups is 2. The number of rotatable bonds is 19. The quantitative estimate of drug-likeness (QED) is 0.220. The monoisotopic (exact) mass is 686 g/mol. The molecule has 14 nitrogen and oxygen atoms in total. The van der Waals surface area contributed by atoms with E-state index in [-0.39, 0.29) is 0 Å². The first kappa shape index (κ1) is 38.6. The average molecular weight is 687 g/mol. The highest BCUT2D eigenvalue weighted by atomic mass is 32.3. The lowest BCUT2D eigenvalue weighted by Gasteiger charge is -2.23. The van der Waals surface area contributed by atoms with Crippen molar-refractivity contribution in [1.29, 1.82) is 0 Å². The standard InChI is InChI=1S/C30H46N4O10S2/c1-7-33(13-15-41-5)25-9-11-27(23(3)19-25)31-29(35)43-17-18-45(37,38)22-46(39,40)21-44-30(36)32-28-12-10-26(20-24(28)4)34(8-2)14-16-42-6/h9-12,19-20H,7-8,13-18,21-22H2,1-6H3,(H,31,35)(H,32,36). The number of hydrogen-bond acceptors (Lipinski definition) is 12. The highest BCUT2D eigenvalue weighted by Gasteiger charge is 2.25. The van der Waals surface area contributed by atoms with Crippen LogP contribution in [0.15, 0.2) is 36.4 Å². The molecule has 0 heterocycles. The van der Waals surface area contributed by atoms with E-state index in [4.69, 9.17) is 18.9 Å². The Balaban J connectivity index is 1.83. The number of nitrogens with zero attached hydrogens (tertiary/aromatic N) is 2. The average Bonchev–Trinajstić information content (AvgIpc) is 2.99. The van der Waals surface area contributed by atoms with Gasteiger partial charge in [-0.3, -0.25) is 10.6 Å². The predicted molar refractivity (Wildman–Crippen MR) is 179 cm³/mol. The second-order valence-electron chi connectivity index (χ2n) is 10.4. The van der Waals surface area contributed by atoms with Gasteiger partial charge in [0.05, 0.1) is 19.0 Å². The largest absolute Gasteiger partial charge is 0.448 e. The first-order chi connectivity index (χ1) is 21.7. The molecule has 0 aliphatic rings. The summed E-state index contributed by atoms with van der Waals surface area (Å²) >= 11 is 0. The van der Waals surface area contributed by atoms with Crippen LogP contribution in [0.25, 0.3) is 0 Å². The van der Waals surface area contributed by atoms with Crippen LogP contribution in [0.5, 0.6) is 0 Å². The molecule has 0 unspecified atom stereocenters. The summed E-state index contributed by atoms with van der Waals surface area (Å²) in [7, 11) is -5.31. The molecule has 0 saturated heterocycles. The SMILES string of the molecule is CCN(CCOC)c1ccc(NC(=O)OCCS(=O)(=O)CS(=O)(=O)COC(=O)Nc2ccc(N(CC)CCOC)cc2C)c(C)c1. The summed E-state index contributed by atoms with van der Waals surface area (Å²) in [5, 5.41) is 3.75. The van der Waals surface area contributed by atoms with Gasteiger partial charge in [0, 0.05) is 63.1 Å². The molecule has 0 fully saturated rings. The van der Waals surface area contributed by atoms with E-state index in [1.165, 1.54) is 0 Å². The number of ether oxygens (including phenoxy) is 4. The van der Waals surface area contributed by atoms with Gasteiger partial charge in [-0.1, -0.05) is 0 Å². The first-order valence-electron chi connectivity index (χ1n) is 14.7. The third-order valence-corrected chi connectivity index (χ3v) is 11.0. The minimum atomic E-state index is -4.35. The summed E-state index contributed by atoms with van der Waals surface area (Å²) in [5.74, 6) is -1.88. The van der Waals surface area contributed by atoms with Crippen LogP contribution in [0.1, 0.15) is 25.0 Å². The van der Waals surface area contributed by atoms with Gasteiger partial charge in [0.25, 0.3) is 0 Å². The van der Waals surface area contributed by atoms with Crippen molar-refractivity contribution in [3.63, 3.8) is 0 Å². The van der Waals surface area contributed by atoms with Crippen LogP contribution in [0.2, 0.25) is 0 Å². The predicted octanol–water partition coefficient (Wildman–Crippen LogP) is 3.79. The summed E-state index contributed by atoms with van der Waals surface area (Å²) in [5.41, 5.74) is 4.24. The van der Waals surface area contributed by atoms with Gasteiger partial charge in [0.15, 0.2) is 30.7 Å². The van der Waals surface area contributed by atoms with Crippen LogP contribution < -0.4 is 20.4 Å². The molecule has 2 rings (SSSR count). The van der Waals surface area contributed by atoms with Crippen molar-refractivity contribution in [2.45, 2.75) is 27.7 Å². The van der Waals surface area contributed by atoms with Gasteiger partial charge >= 0.3 is 12.2 Å². The van der Waals surface area contributed by atoms with Crippen LogP contribution in [-0.4, -0.2) is 106 Å². The molecular weight excluding hydrogens is 640 g/mol. The number of nitrogens with one attached hydrogen (secondary N) is 2. The van der Waals surface area contributed by atoms with E-state index < -0.39 is 55.2 Å². The van der Waals surface area contributed by atoms with Gasteiger partial charge in [-0.15, -0.1) is 0 Å². The number of carbonyl (C=O) groups excluding carboxylic acids is 2. The number of methoxy groups -OCH3 is 2. The van der Waals surface area contributed by atoms with Gasteiger partial charge in [0.2, 0.25) is 0 Å². The van der Waals surface area contributed by atoms with E-state index in [1.807, 2.05) is 39.0 Å². The van der Waals surface area contributed by atoms with Gasteiger partial charge < -0.3 is 28.7 Å². The van der Waals surface area contributed by atoms with Crippen LogP contribution in [0.4, 0.5) is 32.3 Å². The summed E-state index contributed by atoms with van der Waals surface area (Å²) in [6.07, 6.45) is -1.94. The minimum Gasteiger partial charge on any atom is -0.448 e. The summed E-state index contributed by atoms with van der Waals surface area (Å²) in [4.78, 5) is 28.7. The van der Waals surface area contributed by atoms with Crippen molar-refractivity contribution in [3.8, 4) is 0 Å². The molecule has 2 aromatic rings. The number of anilines is 4. The Morgan fingerprint density at radius 2 is 1.15 bits per heavy atom. The molecular formula is C30H46N4O10S2. The molecule has 0 aromatic heterocycles.